The average Bonchev–Trinajstić information content (AvgIpc) is 2.55. The number of nitrogens with one attached hydrogen (secondary N) is 2. The van der Waals surface area contributed by atoms with Gasteiger partial charge >= 0.3 is 0 Å². The molecule has 1 aliphatic rings. The third-order valence-corrected chi connectivity index (χ3v) is 3.46. The highest BCUT2D eigenvalue weighted by atomic mass is 35.5. The molecule has 130 valence electrons. The standard InChI is InChI=1S/C17H26N2O3.ClH/c1-13(2)11-22-15-5-3-14(4-6-15)7-8-19-17(20)16-12-21-10-9-18-16;/h3-6,13,16,18H,7-12H2,1-2H3,(H,19,20);1H. The van der Waals surface area contributed by atoms with E-state index in [0.29, 0.717) is 25.7 Å². The molecule has 1 unspecified atom stereocenters. The first kappa shape index (κ1) is 19.7. The average molecular weight is 343 g/mol. The summed E-state index contributed by atoms with van der Waals surface area (Å²) in [6, 6.07) is 7.83. The van der Waals surface area contributed by atoms with Gasteiger partial charge < -0.3 is 20.1 Å². The maximum atomic E-state index is 11.9. The van der Waals surface area contributed by atoms with Crippen LogP contribution in [0.15, 0.2) is 24.3 Å². The number of amides is 1. The first-order valence-corrected chi connectivity index (χ1v) is 7.95. The second-order valence-corrected chi connectivity index (χ2v) is 5.97. The summed E-state index contributed by atoms with van der Waals surface area (Å²) in [5.41, 5.74) is 1.19. The largest absolute Gasteiger partial charge is 0.493 e. The molecule has 1 saturated heterocycles. The molecular formula is C17H27ClN2O3. The molecule has 2 rings (SSSR count). The molecule has 1 atom stereocenters. The van der Waals surface area contributed by atoms with Crippen LogP contribution in [0.3, 0.4) is 0 Å². The van der Waals surface area contributed by atoms with E-state index in [9.17, 15) is 4.79 Å². The van der Waals surface area contributed by atoms with Crippen molar-refractivity contribution in [2.75, 3.05) is 32.9 Å². The van der Waals surface area contributed by atoms with Crippen molar-refractivity contribution in [2.24, 2.45) is 5.92 Å². The fraction of sp³-hybridized carbons (Fsp3) is 0.588. The number of morpholine rings is 1. The summed E-state index contributed by atoms with van der Waals surface area (Å²) in [7, 11) is 0. The second-order valence-electron chi connectivity index (χ2n) is 5.97. The number of hydrogen-bond acceptors (Lipinski definition) is 4. The van der Waals surface area contributed by atoms with Crippen molar-refractivity contribution in [3.05, 3.63) is 29.8 Å². The van der Waals surface area contributed by atoms with Crippen LogP contribution in [0, 0.1) is 5.92 Å². The molecule has 0 aliphatic carbocycles. The van der Waals surface area contributed by atoms with Gasteiger partial charge in [0, 0.05) is 13.1 Å². The highest BCUT2D eigenvalue weighted by Crippen LogP contribution is 2.13. The van der Waals surface area contributed by atoms with Gasteiger partial charge in [0.15, 0.2) is 0 Å². The molecule has 0 saturated carbocycles. The summed E-state index contributed by atoms with van der Waals surface area (Å²) in [5, 5.41) is 6.09. The Morgan fingerprint density at radius 3 is 2.74 bits per heavy atom. The molecule has 5 nitrogen and oxygen atoms in total. The molecule has 1 fully saturated rings. The maximum Gasteiger partial charge on any atom is 0.239 e. The fourth-order valence-electron chi connectivity index (χ4n) is 2.20. The molecule has 1 heterocycles. The Morgan fingerprint density at radius 1 is 1.39 bits per heavy atom. The molecule has 2 N–H and O–H groups in total. The van der Waals surface area contributed by atoms with Crippen molar-refractivity contribution in [2.45, 2.75) is 26.3 Å². The maximum absolute atomic E-state index is 11.9. The highest BCUT2D eigenvalue weighted by Gasteiger charge is 2.20. The fourth-order valence-corrected chi connectivity index (χ4v) is 2.20. The third-order valence-electron chi connectivity index (χ3n) is 3.46. The van der Waals surface area contributed by atoms with Crippen LogP contribution in [0.2, 0.25) is 0 Å². The van der Waals surface area contributed by atoms with Gasteiger partial charge in [-0.2, -0.15) is 0 Å². The lowest BCUT2D eigenvalue weighted by atomic mass is 10.1. The monoisotopic (exact) mass is 342 g/mol. The predicted molar refractivity (Wildman–Crippen MR) is 93.3 cm³/mol. The van der Waals surface area contributed by atoms with Crippen molar-refractivity contribution in [1.82, 2.24) is 10.6 Å². The minimum Gasteiger partial charge on any atom is -0.493 e. The SMILES string of the molecule is CC(C)COc1ccc(CCNC(=O)C2COCCN2)cc1.Cl. The zero-order valence-corrected chi connectivity index (χ0v) is 14.7. The lowest BCUT2D eigenvalue weighted by molar-refractivity contribution is -0.125. The van der Waals surface area contributed by atoms with E-state index in [1.807, 2.05) is 24.3 Å². The minimum atomic E-state index is -0.222. The number of halogens is 1. The van der Waals surface area contributed by atoms with Crippen molar-refractivity contribution in [3.8, 4) is 5.75 Å². The number of carbonyl (C=O) groups is 1. The normalized spacial score (nSPS) is 17.4. The predicted octanol–water partition coefficient (Wildman–Crippen LogP) is 1.79. The van der Waals surface area contributed by atoms with Crippen LogP contribution in [0.25, 0.3) is 0 Å². The van der Waals surface area contributed by atoms with Crippen molar-refractivity contribution < 1.29 is 14.3 Å². The molecule has 1 aromatic carbocycles. The number of carbonyl (C=O) groups excluding carboxylic acids is 1. The molecule has 1 aromatic rings. The van der Waals surface area contributed by atoms with Crippen LogP contribution in [-0.2, 0) is 16.0 Å². The van der Waals surface area contributed by atoms with E-state index < -0.39 is 0 Å². The van der Waals surface area contributed by atoms with Gasteiger partial charge in [-0.3, -0.25) is 4.79 Å². The zero-order valence-electron chi connectivity index (χ0n) is 13.8. The van der Waals surface area contributed by atoms with Crippen LogP contribution in [0.4, 0.5) is 0 Å². The van der Waals surface area contributed by atoms with Gasteiger partial charge in [0.2, 0.25) is 5.91 Å². The highest BCUT2D eigenvalue weighted by molar-refractivity contribution is 5.85. The summed E-state index contributed by atoms with van der Waals surface area (Å²) in [4.78, 5) is 11.9. The molecule has 0 bridgehead atoms. The molecule has 0 spiro atoms. The summed E-state index contributed by atoms with van der Waals surface area (Å²) in [6.07, 6.45) is 0.809. The molecule has 0 aromatic heterocycles. The molecule has 1 aliphatic heterocycles. The van der Waals surface area contributed by atoms with Gasteiger partial charge in [-0.15, -0.1) is 12.4 Å². The first-order chi connectivity index (χ1) is 10.6. The van der Waals surface area contributed by atoms with Crippen molar-refractivity contribution in [1.29, 1.82) is 0 Å². The van der Waals surface area contributed by atoms with Gasteiger partial charge in [-0.25, -0.2) is 0 Å². The Bertz CT molecular complexity index is 459. The van der Waals surface area contributed by atoms with Gasteiger partial charge in [0.05, 0.1) is 19.8 Å². The van der Waals surface area contributed by atoms with Crippen molar-refractivity contribution >= 4 is 18.3 Å². The second kappa shape index (κ2) is 10.5. The smallest absolute Gasteiger partial charge is 0.239 e. The van der Waals surface area contributed by atoms with E-state index in [-0.39, 0.29) is 24.4 Å². The van der Waals surface area contributed by atoms with Crippen LogP contribution >= 0.6 is 12.4 Å². The Kier molecular flexibility index (Phi) is 8.99. The molecule has 1 amide bonds. The number of benzene rings is 1. The van der Waals surface area contributed by atoms with Gasteiger partial charge in [-0.05, 0) is 30.0 Å². The van der Waals surface area contributed by atoms with Crippen molar-refractivity contribution in [3.63, 3.8) is 0 Å². The Labute approximate surface area is 144 Å². The Balaban J connectivity index is 0.00000264. The molecule has 23 heavy (non-hydrogen) atoms. The van der Waals surface area contributed by atoms with E-state index in [1.54, 1.807) is 0 Å². The van der Waals surface area contributed by atoms with Gasteiger partial charge in [-0.1, -0.05) is 26.0 Å². The van der Waals surface area contributed by atoms with Crippen LogP contribution in [-0.4, -0.2) is 44.9 Å². The Hall–Kier alpha value is -1.30. The summed E-state index contributed by atoms with van der Waals surface area (Å²) < 4.78 is 10.9. The Morgan fingerprint density at radius 2 is 2.13 bits per heavy atom. The topological polar surface area (TPSA) is 59.6 Å². The summed E-state index contributed by atoms with van der Waals surface area (Å²) >= 11 is 0. The summed E-state index contributed by atoms with van der Waals surface area (Å²) in [6.45, 7) is 7.47. The zero-order chi connectivity index (χ0) is 15.8. The van der Waals surface area contributed by atoms with Gasteiger partial charge in [0.1, 0.15) is 11.8 Å². The van der Waals surface area contributed by atoms with E-state index in [1.165, 1.54) is 5.56 Å². The van der Waals surface area contributed by atoms with Crippen LogP contribution < -0.4 is 15.4 Å². The van der Waals surface area contributed by atoms with Crippen LogP contribution in [0.5, 0.6) is 5.75 Å². The molecule has 0 radical (unpaired) electrons. The molecular weight excluding hydrogens is 316 g/mol. The molecule has 6 heteroatoms. The van der Waals surface area contributed by atoms with E-state index in [2.05, 4.69) is 24.5 Å². The van der Waals surface area contributed by atoms with E-state index in [0.717, 1.165) is 25.3 Å². The summed E-state index contributed by atoms with van der Waals surface area (Å²) in [5.74, 6) is 1.42. The van der Waals surface area contributed by atoms with Gasteiger partial charge in [0.25, 0.3) is 0 Å². The first-order valence-electron chi connectivity index (χ1n) is 7.95. The number of hydrogen-bond donors (Lipinski definition) is 2. The number of ether oxygens (including phenoxy) is 2. The minimum absolute atomic E-state index is 0. The van der Waals surface area contributed by atoms with E-state index >= 15 is 0 Å². The number of rotatable bonds is 7. The quantitative estimate of drug-likeness (QED) is 0.793. The lowest BCUT2D eigenvalue weighted by Crippen LogP contribution is -2.51. The lowest BCUT2D eigenvalue weighted by Gasteiger charge is -2.22. The van der Waals surface area contributed by atoms with Crippen LogP contribution in [0.1, 0.15) is 19.4 Å². The third kappa shape index (κ3) is 7.20. The van der Waals surface area contributed by atoms with E-state index in [4.69, 9.17) is 9.47 Å².